The van der Waals surface area contributed by atoms with E-state index in [4.69, 9.17) is 4.52 Å². The van der Waals surface area contributed by atoms with Crippen molar-refractivity contribution in [1.29, 1.82) is 0 Å². The van der Waals surface area contributed by atoms with Crippen molar-refractivity contribution in [2.45, 2.75) is 69.9 Å². The van der Waals surface area contributed by atoms with Crippen molar-refractivity contribution in [3.63, 3.8) is 0 Å². The molecule has 0 bridgehead atoms. The number of nitrogens with one attached hydrogen (secondary N) is 1. The summed E-state index contributed by atoms with van der Waals surface area (Å²) in [4.78, 5) is 2.57. The van der Waals surface area contributed by atoms with Gasteiger partial charge in [-0.1, -0.05) is 24.4 Å². The van der Waals surface area contributed by atoms with Crippen molar-refractivity contribution >= 4 is 0 Å². The van der Waals surface area contributed by atoms with Crippen LogP contribution in [0.5, 0.6) is 0 Å². The van der Waals surface area contributed by atoms with Crippen LogP contribution in [0.1, 0.15) is 68.7 Å². The summed E-state index contributed by atoms with van der Waals surface area (Å²) in [5, 5.41) is 8.06. The Morgan fingerprint density at radius 2 is 2.05 bits per heavy atom. The molecule has 22 heavy (non-hydrogen) atoms. The first-order chi connectivity index (χ1) is 10.9. The summed E-state index contributed by atoms with van der Waals surface area (Å²) >= 11 is 0. The topological polar surface area (TPSA) is 41.3 Å². The second-order valence-corrected chi connectivity index (χ2v) is 7.54. The van der Waals surface area contributed by atoms with E-state index in [1.165, 1.54) is 76.7 Å². The molecular weight excluding hydrogens is 274 g/mol. The van der Waals surface area contributed by atoms with Crippen LogP contribution in [-0.4, -0.2) is 35.7 Å². The Labute approximate surface area is 133 Å². The molecule has 3 fully saturated rings. The molecular formula is C18H29N3O. The van der Waals surface area contributed by atoms with Crippen molar-refractivity contribution in [2.24, 2.45) is 5.92 Å². The number of fused-ring (bicyclic) bond motifs is 1. The van der Waals surface area contributed by atoms with Crippen molar-refractivity contribution in [1.82, 2.24) is 15.4 Å². The smallest absolute Gasteiger partial charge is 0.150 e. The monoisotopic (exact) mass is 303 g/mol. The van der Waals surface area contributed by atoms with E-state index in [0.29, 0.717) is 5.92 Å². The van der Waals surface area contributed by atoms with E-state index in [0.717, 1.165) is 24.3 Å². The van der Waals surface area contributed by atoms with E-state index in [2.05, 4.69) is 21.4 Å². The van der Waals surface area contributed by atoms with E-state index >= 15 is 0 Å². The van der Waals surface area contributed by atoms with Gasteiger partial charge < -0.3 is 9.84 Å². The standard InChI is InChI=1S/C18H29N3O/c1-2-5-14(6-3-1)18-11-16(22-20-18)13-21-10-8-17-15(12-21)7-4-9-19-17/h11,14-15,17,19H,1-10,12-13H2/t15-,17+/m1/s1. The molecule has 2 aliphatic heterocycles. The van der Waals surface area contributed by atoms with Gasteiger partial charge in [-0.25, -0.2) is 0 Å². The van der Waals surface area contributed by atoms with Gasteiger partial charge in [-0.15, -0.1) is 0 Å². The summed E-state index contributed by atoms with van der Waals surface area (Å²) in [6, 6.07) is 3.00. The Bertz CT molecular complexity index is 480. The Balaban J connectivity index is 1.34. The summed E-state index contributed by atoms with van der Waals surface area (Å²) in [5.74, 6) is 2.56. The van der Waals surface area contributed by atoms with Gasteiger partial charge in [0.2, 0.25) is 0 Å². The first-order valence-corrected chi connectivity index (χ1v) is 9.30. The SMILES string of the molecule is c1c(C2CCCCC2)noc1CN1CC[C@@H]2NCCC[C@@H]2C1. The Hall–Kier alpha value is -0.870. The van der Waals surface area contributed by atoms with Gasteiger partial charge in [-0.05, 0) is 44.6 Å². The second-order valence-electron chi connectivity index (χ2n) is 7.54. The number of nitrogens with zero attached hydrogens (tertiary/aromatic N) is 2. The van der Waals surface area contributed by atoms with Gasteiger partial charge in [0.1, 0.15) is 0 Å². The molecule has 2 saturated heterocycles. The lowest BCUT2D eigenvalue weighted by Gasteiger charge is -2.41. The lowest BCUT2D eigenvalue weighted by atomic mass is 9.85. The van der Waals surface area contributed by atoms with Crippen LogP contribution in [0.4, 0.5) is 0 Å². The van der Waals surface area contributed by atoms with E-state index in [-0.39, 0.29) is 0 Å². The van der Waals surface area contributed by atoms with Crippen LogP contribution in [-0.2, 0) is 6.54 Å². The maximum Gasteiger partial charge on any atom is 0.150 e. The van der Waals surface area contributed by atoms with Crippen LogP contribution in [0.3, 0.4) is 0 Å². The van der Waals surface area contributed by atoms with Gasteiger partial charge in [0, 0.05) is 31.1 Å². The zero-order chi connectivity index (χ0) is 14.8. The van der Waals surface area contributed by atoms with Gasteiger partial charge >= 0.3 is 0 Å². The normalized spacial score (nSPS) is 31.1. The minimum absolute atomic E-state index is 0.652. The fourth-order valence-corrected chi connectivity index (χ4v) is 4.68. The summed E-state index contributed by atoms with van der Waals surface area (Å²) in [7, 11) is 0. The molecule has 3 aliphatic rings. The first kappa shape index (κ1) is 14.7. The molecule has 2 atom stereocenters. The second kappa shape index (κ2) is 6.71. The van der Waals surface area contributed by atoms with Crippen molar-refractivity contribution in [2.75, 3.05) is 19.6 Å². The number of piperidine rings is 2. The van der Waals surface area contributed by atoms with Crippen LogP contribution in [0.15, 0.2) is 10.6 Å². The number of hydrogen-bond donors (Lipinski definition) is 1. The minimum Gasteiger partial charge on any atom is -0.360 e. The highest BCUT2D eigenvalue weighted by atomic mass is 16.5. The van der Waals surface area contributed by atoms with Gasteiger partial charge in [0.05, 0.1) is 12.2 Å². The molecule has 1 aliphatic carbocycles. The third kappa shape index (κ3) is 3.23. The van der Waals surface area contributed by atoms with Crippen LogP contribution in [0.2, 0.25) is 0 Å². The molecule has 0 unspecified atom stereocenters. The molecule has 4 nitrogen and oxygen atoms in total. The average molecular weight is 303 g/mol. The molecule has 1 N–H and O–H groups in total. The maximum absolute atomic E-state index is 5.65. The van der Waals surface area contributed by atoms with Crippen LogP contribution < -0.4 is 5.32 Å². The van der Waals surface area contributed by atoms with Crippen molar-refractivity contribution in [3.8, 4) is 0 Å². The van der Waals surface area contributed by atoms with E-state index in [9.17, 15) is 0 Å². The zero-order valence-electron chi connectivity index (χ0n) is 13.6. The van der Waals surface area contributed by atoms with Gasteiger partial charge in [0.25, 0.3) is 0 Å². The van der Waals surface area contributed by atoms with Gasteiger partial charge in [0.15, 0.2) is 5.76 Å². The zero-order valence-corrected chi connectivity index (χ0v) is 13.6. The average Bonchev–Trinajstić information content (AvgIpc) is 3.04. The predicted molar refractivity (Wildman–Crippen MR) is 86.7 cm³/mol. The van der Waals surface area contributed by atoms with Crippen LogP contribution in [0, 0.1) is 5.92 Å². The van der Waals surface area contributed by atoms with Gasteiger partial charge in [-0.3, -0.25) is 4.90 Å². The number of likely N-dealkylation sites (tertiary alicyclic amines) is 1. The van der Waals surface area contributed by atoms with E-state index in [1.54, 1.807) is 0 Å². The molecule has 3 heterocycles. The molecule has 122 valence electrons. The molecule has 0 aromatic carbocycles. The minimum atomic E-state index is 0.652. The largest absolute Gasteiger partial charge is 0.360 e. The van der Waals surface area contributed by atoms with Crippen molar-refractivity contribution in [3.05, 3.63) is 17.5 Å². The van der Waals surface area contributed by atoms with Crippen LogP contribution >= 0.6 is 0 Å². The highest BCUT2D eigenvalue weighted by molar-refractivity contribution is 5.11. The molecule has 1 aromatic heterocycles. The molecule has 4 rings (SSSR count). The number of hydrogen-bond acceptors (Lipinski definition) is 4. The summed E-state index contributed by atoms with van der Waals surface area (Å²) < 4.78 is 5.65. The third-order valence-corrected chi connectivity index (χ3v) is 5.96. The highest BCUT2D eigenvalue weighted by Gasteiger charge is 2.31. The van der Waals surface area contributed by atoms with E-state index < -0.39 is 0 Å². The summed E-state index contributed by atoms with van der Waals surface area (Å²) in [6.45, 7) is 4.57. The first-order valence-electron chi connectivity index (χ1n) is 9.30. The molecule has 4 heteroatoms. The maximum atomic E-state index is 5.65. The molecule has 0 amide bonds. The van der Waals surface area contributed by atoms with E-state index in [1.807, 2.05) is 0 Å². The Kier molecular flexibility index (Phi) is 4.49. The number of aromatic nitrogens is 1. The lowest BCUT2D eigenvalue weighted by Crippen LogP contribution is -2.51. The van der Waals surface area contributed by atoms with Crippen molar-refractivity contribution < 1.29 is 4.52 Å². The van der Waals surface area contributed by atoms with Crippen LogP contribution in [0.25, 0.3) is 0 Å². The Morgan fingerprint density at radius 1 is 1.14 bits per heavy atom. The lowest BCUT2D eigenvalue weighted by molar-refractivity contribution is 0.101. The third-order valence-electron chi connectivity index (χ3n) is 5.96. The quantitative estimate of drug-likeness (QED) is 0.930. The fraction of sp³-hybridized carbons (Fsp3) is 0.833. The fourth-order valence-electron chi connectivity index (χ4n) is 4.68. The predicted octanol–water partition coefficient (Wildman–Crippen LogP) is 3.30. The molecule has 0 radical (unpaired) electrons. The highest BCUT2D eigenvalue weighted by Crippen LogP contribution is 2.32. The summed E-state index contributed by atoms with van der Waals surface area (Å²) in [6.07, 6.45) is 10.7. The molecule has 1 saturated carbocycles. The Morgan fingerprint density at radius 3 is 2.95 bits per heavy atom. The molecule has 1 aromatic rings. The summed E-state index contributed by atoms with van der Waals surface area (Å²) in [5.41, 5.74) is 1.21. The van der Waals surface area contributed by atoms with Gasteiger partial charge in [-0.2, -0.15) is 0 Å². The number of rotatable bonds is 3. The molecule has 0 spiro atoms.